The summed E-state index contributed by atoms with van der Waals surface area (Å²) in [5.41, 5.74) is 7.30. The van der Waals surface area contributed by atoms with Crippen molar-refractivity contribution >= 4 is 28.5 Å². The lowest BCUT2D eigenvalue weighted by molar-refractivity contribution is -0.110. The Morgan fingerprint density at radius 3 is 2.46 bits per heavy atom. The molecule has 0 atom stereocenters. The Balaban J connectivity index is 1.53. The second-order valence-corrected chi connectivity index (χ2v) is 7.91. The van der Waals surface area contributed by atoms with Gasteiger partial charge in [-0.25, -0.2) is 0 Å². The molecule has 2 heterocycles. The number of carbonyl (C=O) groups is 1. The van der Waals surface area contributed by atoms with Crippen LogP contribution in [0.4, 0.5) is 17.1 Å². The first-order valence-corrected chi connectivity index (χ1v) is 10.4. The molecule has 0 bridgehead atoms. The number of carbonyl (C=O) groups excluding carboxylic acids is 1. The fourth-order valence-corrected chi connectivity index (χ4v) is 4.31. The maximum absolute atomic E-state index is 12.4. The molecule has 2 aliphatic heterocycles. The first-order chi connectivity index (χ1) is 13.6. The molecule has 0 aromatic heterocycles. The molecule has 0 radical (unpaired) electrons. The van der Waals surface area contributed by atoms with Gasteiger partial charge in [0.05, 0.1) is 5.57 Å². The fourth-order valence-electron chi connectivity index (χ4n) is 4.31. The van der Waals surface area contributed by atoms with Crippen LogP contribution in [-0.4, -0.2) is 19.0 Å². The van der Waals surface area contributed by atoms with E-state index in [-0.39, 0.29) is 5.91 Å². The topological polar surface area (TPSA) is 44.4 Å². The molecule has 28 heavy (non-hydrogen) atoms. The zero-order valence-electron chi connectivity index (χ0n) is 16.8. The molecule has 146 valence electrons. The van der Waals surface area contributed by atoms with Crippen LogP contribution < -0.4 is 15.5 Å². The zero-order chi connectivity index (χ0) is 19.5. The Hall–Kier alpha value is -2.75. The van der Waals surface area contributed by atoms with Crippen LogP contribution in [-0.2, 0) is 4.79 Å². The van der Waals surface area contributed by atoms with Gasteiger partial charge in [-0.1, -0.05) is 31.4 Å². The molecule has 2 N–H and O–H groups in total. The second kappa shape index (κ2) is 8.09. The minimum Gasteiger partial charge on any atom is -0.371 e. The number of nitrogens with one attached hydrogen (secondary N) is 2. The summed E-state index contributed by atoms with van der Waals surface area (Å²) in [4.78, 5) is 14.9. The molecule has 1 fully saturated rings. The minimum atomic E-state index is -0.0502. The largest absolute Gasteiger partial charge is 0.371 e. The van der Waals surface area contributed by atoms with Gasteiger partial charge in [0, 0.05) is 41.9 Å². The molecule has 0 aliphatic carbocycles. The van der Waals surface area contributed by atoms with Crippen molar-refractivity contribution < 1.29 is 4.79 Å². The highest BCUT2D eigenvalue weighted by atomic mass is 16.2. The lowest BCUT2D eigenvalue weighted by Crippen LogP contribution is -2.27. The number of amides is 1. The highest BCUT2D eigenvalue weighted by Crippen LogP contribution is 2.34. The van der Waals surface area contributed by atoms with Gasteiger partial charge in [-0.3, -0.25) is 4.79 Å². The van der Waals surface area contributed by atoms with E-state index in [1.54, 1.807) is 0 Å². The SMILES string of the molecule is Cc1cc(NC=C2C(=O)Nc3cccc(C)c32)ccc1N1CCCCCCC1. The number of aryl methyl sites for hydroxylation is 2. The van der Waals surface area contributed by atoms with E-state index in [2.05, 4.69) is 40.7 Å². The van der Waals surface area contributed by atoms with E-state index in [4.69, 9.17) is 0 Å². The molecule has 0 spiro atoms. The number of hydrogen-bond acceptors (Lipinski definition) is 3. The summed E-state index contributed by atoms with van der Waals surface area (Å²) in [7, 11) is 0. The summed E-state index contributed by atoms with van der Waals surface area (Å²) < 4.78 is 0. The number of fused-ring (bicyclic) bond motifs is 1. The first-order valence-electron chi connectivity index (χ1n) is 10.4. The van der Waals surface area contributed by atoms with Crippen LogP contribution in [0.25, 0.3) is 5.57 Å². The first kappa shape index (κ1) is 18.6. The Morgan fingerprint density at radius 1 is 0.964 bits per heavy atom. The van der Waals surface area contributed by atoms with E-state index >= 15 is 0 Å². The Morgan fingerprint density at radius 2 is 1.71 bits per heavy atom. The zero-order valence-corrected chi connectivity index (χ0v) is 16.8. The summed E-state index contributed by atoms with van der Waals surface area (Å²) in [5, 5.41) is 6.28. The van der Waals surface area contributed by atoms with Crippen molar-refractivity contribution in [2.45, 2.75) is 46.0 Å². The van der Waals surface area contributed by atoms with Gasteiger partial charge >= 0.3 is 0 Å². The Bertz CT molecular complexity index is 908. The number of benzene rings is 2. The molecule has 4 nitrogen and oxygen atoms in total. The third-order valence-electron chi connectivity index (χ3n) is 5.81. The standard InChI is InChI=1S/C24H29N3O/c1-17-9-8-10-21-23(17)20(24(28)26-21)16-25-19-11-12-22(18(2)15-19)27-13-6-4-3-5-7-14-27/h8-12,15-16,25H,3-7,13-14H2,1-2H3,(H,26,28). The quantitative estimate of drug-likeness (QED) is 0.698. The van der Waals surface area contributed by atoms with Crippen molar-refractivity contribution in [2.24, 2.45) is 0 Å². The molecular formula is C24H29N3O. The van der Waals surface area contributed by atoms with Gasteiger partial charge in [0.15, 0.2) is 0 Å². The van der Waals surface area contributed by atoms with E-state index in [1.807, 2.05) is 31.3 Å². The molecule has 2 aliphatic rings. The second-order valence-electron chi connectivity index (χ2n) is 7.91. The van der Waals surface area contributed by atoms with Gasteiger partial charge < -0.3 is 15.5 Å². The lowest BCUT2D eigenvalue weighted by atomic mass is 10.0. The molecule has 1 saturated heterocycles. The van der Waals surface area contributed by atoms with Crippen LogP contribution in [0.3, 0.4) is 0 Å². The van der Waals surface area contributed by atoms with E-state index in [0.29, 0.717) is 5.57 Å². The number of nitrogens with zero attached hydrogens (tertiary/aromatic N) is 1. The molecule has 0 unspecified atom stereocenters. The van der Waals surface area contributed by atoms with Crippen molar-refractivity contribution in [3.8, 4) is 0 Å². The Labute approximate surface area is 167 Å². The molecule has 4 rings (SSSR count). The van der Waals surface area contributed by atoms with Crippen molar-refractivity contribution in [3.05, 3.63) is 59.3 Å². The maximum atomic E-state index is 12.4. The molecule has 2 aromatic rings. The predicted molar refractivity (Wildman–Crippen MR) is 118 cm³/mol. The van der Waals surface area contributed by atoms with E-state index in [0.717, 1.165) is 35.6 Å². The van der Waals surface area contributed by atoms with Gasteiger partial charge in [0.2, 0.25) is 0 Å². The van der Waals surface area contributed by atoms with Gasteiger partial charge in [0.1, 0.15) is 0 Å². The summed E-state index contributed by atoms with van der Waals surface area (Å²) in [5.74, 6) is -0.0502. The van der Waals surface area contributed by atoms with Gasteiger partial charge in [0.25, 0.3) is 5.91 Å². The van der Waals surface area contributed by atoms with Crippen LogP contribution >= 0.6 is 0 Å². The normalized spacial score (nSPS) is 18.4. The van der Waals surface area contributed by atoms with Crippen molar-refractivity contribution in [1.82, 2.24) is 0 Å². The van der Waals surface area contributed by atoms with Crippen molar-refractivity contribution in [1.29, 1.82) is 0 Å². The van der Waals surface area contributed by atoms with Crippen molar-refractivity contribution in [2.75, 3.05) is 28.6 Å². The summed E-state index contributed by atoms with van der Waals surface area (Å²) in [6.07, 6.45) is 8.44. The van der Waals surface area contributed by atoms with Crippen LogP contribution in [0.5, 0.6) is 0 Å². The number of rotatable bonds is 3. The number of hydrogen-bond donors (Lipinski definition) is 2. The highest BCUT2D eigenvalue weighted by molar-refractivity contribution is 6.32. The van der Waals surface area contributed by atoms with E-state index in [9.17, 15) is 4.79 Å². The average Bonchev–Trinajstić information content (AvgIpc) is 2.97. The molecule has 4 heteroatoms. The van der Waals surface area contributed by atoms with Gasteiger partial charge in [-0.05, 0) is 62.1 Å². The van der Waals surface area contributed by atoms with Crippen LogP contribution in [0.15, 0.2) is 42.6 Å². The predicted octanol–water partition coefficient (Wildman–Crippen LogP) is 5.48. The van der Waals surface area contributed by atoms with Gasteiger partial charge in [-0.2, -0.15) is 0 Å². The lowest BCUT2D eigenvalue weighted by Gasteiger charge is -2.28. The molecule has 2 aromatic carbocycles. The summed E-state index contributed by atoms with van der Waals surface area (Å²) >= 11 is 0. The molecule has 1 amide bonds. The van der Waals surface area contributed by atoms with Crippen molar-refractivity contribution in [3.63, 3.8) is 0 Å². The van der Waals surface area contributed by atoms with Crippen LogP contribution in [0.2, 0.25) is 0 Å². The molecular weight excluding hydrogens is 346 g/mol. The van der Waals surface area contributed by atoms with Crippen LogP contribution in [0, 0.1) is 13.8 Å². The van der Waals surface area contributed by atoms with E-state index < -0.39 is 0 Å². The summed E-state index contributed by atoms with van der Waals surface area (Å²) in [6.45, 7) is 6.51. The summed E-state index contributed by atoms with van der Waals surface area (Å²) in [6, 6.07) is 12.5. The Kier molecular flexibility index (Phi) is 5.38. The third-order valence-corrected chi connectivity index (χ3v) is 5.81. The average molecular weight is 376 g/mol. The maximum Gasteiger partial charge on any atom is 0.257 e. The molecule has 0 saturated carbocycles. The fraction of sp³-hybridized carbons (Fsp3) is 0.375. The highest BCUT2D eigenvalue weighted by Gasteiger charge is 2.25. The van der Waals surface area contributed by atoms with Crippen LogP contribution in [0.1, 0.15) is 48.8 Å². The monoisotopic (exact) mass is 375 g/mol. The third kappa shape index (κ3) is 3.77. The van der Waals surface area contributed by atoms with Gasteiger partial charge in [-0.15, -0.1) is 0 Å². The van der Waals surface area contributed by atoms with E-state index in [1.165, 1.54) is 43.4 Å². The number of anilines is 3. The smallest absolute Gasteiger partial charge is 0.257 e. The minimum absolute atomic E-state index is 0.0502.